The zero-order valence-electron chi connectivity index (χ0n) is 12.8. The van der Waals surface area contributed by atoms with Gasteiger partial charge in [0.05, 0.1) is 20.3 Å². The Morgan fingerprint density at radius 3 is 2.67 bits per heavy atom. The minimum absolute atomic E-state index is 0.265. The fourth-order valence-corrected chi connectivity index (χ4v) is 2.92. The molecule has 1 aliphatic heterocycles. The summed E-state index contributed by atoms with van der Waals surface area (Å²) in [4.78, 5) is 26.0. The van der Waals surface area contributed by atoms with Gasteiger partial charge in [-0.3, -0.25) is 0 Å². The van der Waals surface area contributed by atoms with Crippen molar-refractivity contribution >= 4 is 12.0 Å². The van der Waals surface area contributed by atoms with Gasteiger partial charge in [-0.05, 0) is 18.9 Å². The van der Waals surface area contributed by atoms with E-state index in [-0.39, 0.29) is 12.0 Å². The van der Waals surface area contributed by atoms with Crippen LogP contribution in [-0.2, 0) is 14.3 Å². The van der Waals surface area contributed by atoms with Gasteiger partial charge in [-0.2, -0.15) is 0 Å². The van der Waals surface area contributed by atoms with Crippen LogP contribution >= 0.6 is 0 Å². The van der Waals surface area contributed by atoms with Gasteiger partial charge < -0.3 is 19.7 Å². The summed E-state index contributed by atoms with van der Waals surface area (Å²) in [6, 6.07) is -0.265. The molecule has 1 heterocycles. The molecule has 0 aromatic heterocycles. The first-order chi connectivity index (χ1) is 10.1. The Balaban J connectivity index is 1.98. The maximum absolute atomic E-state index is 12.3. The van der Waals surface area contributed by atoms with Gasteiger partial charge in [-0.1, -0.05) is 19.3 Å². The number of nitrogens with one attached hydrogen (secondary N) is 1. The summed E-state index contributed by atoms with van der Waals surface area (Å²) >= 11 is 0. The number of urea groups is 1. The van der Waals surface area contributed by atoms with Gasteiger partial charge >= 0.3 is 12.0 Å². The monoisotopic (exact) mass is 296 g/mol. The molecule has 0 saturated heterocycles. The summed E-state index contributed by atoms with van der Waals surface area (Å²) < 4.78 is 10.3. The van der Waals surface area contributed by atoms with Crippen molar-refractivity contribution in [2.24, 2.45) is 0 Å². The van der Waals surface area contributed by atoms with Crippen molar-refractivity contribution in [3.05, 3.63) is 11.8 Å². The van der Waals surface area contributed by atoms with Crippen LogP contribution in [0, 0.1) is 0 Å². The van der Waals surface area contributed by atoms with Crippen LogP contribution in [0.4, 0.5) is 4.79 Å². The highest BCUT2D eigenvalue weighted by molar-refractivity contribution is 5.87. The van der Waals surface area contributed by atoms with E-state index in [2.05, 4.69) is 5.32 Å². The topological polar surface area (TPSA) is 67.9 Å². The van der Waals surface area contributed by atoms with Crippen LogP contribution in [0.3, 0.4) is 0 Å². The van der Waals surface area contributed by atoms with Crippen molar-refractivity contribution in [1.82, 2.24) is 10.2 Å². The van der Waals surface area contributed by atoms with Gasteiger partial charge in [0, 0.05) is 13.5 Å². The van der Waals surface area contributed by atoms with Gasteiger partial charge in [0.1, 0.15) is 11.3 Å². The van der Waals surface area contributed by atoms with Crippen molar-refractivity contribution in [1.29, 1.82) is 0 Å². The molecular weight excluding hydrogens is 272 g/mol. The number of hydrogen-bond acceptors (Lipinski definition) is 4. The first-order valence-corrected chi connectivity index (χ1v) is 7.51. The predicted octanol–water partition coefficient (Wildman–Crippen LogP) is 1.81. The molecular formula is C15H24N2O4. The number of ether oxygens (including phenoxy) is 2. The average Bonchev–Trinajstić information content (AvgIpc) is 3.00. The Morgan fingerprint density at radius 1 is 1.38 bits per heavy atom. The van der Waals surface area contributed by atoms with Crippen molar-refractivity contribution in [2.75, 3.05) is 27.3 Å². The predicted molar refractivity (Wildman–Crippen MR) is 77.6 cm³/mol. The summed E-state index contributed by atoms with van der Waals surface area (Å²) in [5.74, 6) is 0.462. The molecule has 118 valence electrons. The fraction of sp³-hybridized carbons (Fsp3) is 0.733. The molecule has 0 atom stereocenters. The second-order valence-corrected chi connectivity index (χ2v) is 5.73. The molecule has 1 aliphatic carbocycles. The number of rotatable bonds is 4. The minimum Gasteiger partial charge on any atom is -0.496 e. The second-order valence-electron chi connectivity index (χ2n) is 5.73. The van der Waals surface area contributed by atoms with Gasteiger partial charge in [-0.15, -0.1) is 0 Å². The van der Waals surface area contributed by atoms with E-state index in [1.807, 2.05) is 6.08 Å². The molecule has 21 heavy (non-hydrogen) atoms. The van der Waals surface area contributed by atoms with Crippen LogP contribution in [0.15, 0.2) is 11.8 Å². The zero-order valence-corrected chi connectivity index (χ0v) is 12.8. The first kappa shape index (κ1) is 15.7. The Labute approximate surface area is 125 Å². The smallest absolute Gasteiger partial charge is 0.331 e. The molecule has 1 fully saturated rings. The lowest BCUT2D eigenvalue weighted by atomic mass is 9.81. The highest BCUT2D eigenvalue weighted by Crippen LogP contribution is 2.29. The van der Waals surface area contributed by atoms with Crippen LogP contribution in [0.2, 0.25) is 0 Å². The van der Waals surface area contributed by atoms with E-state index in [0.29, 0.717) is 26.0 Å². The third-order valence-electron chi connectivity index (χ3n) is 4.15. The number of carbonyl (C=O) groups excluding carboxylic acids is 2. The van der Waals surface area contributed by atoms with Crippen LogP contribution in [-0.4, -0.2) is 49.7 Å². The molecule has 0 bridgehead atoms. The summed E-state index contributed by atoms with van der Waals surface area (Å²) in [5.41, 5.74) is -0.872. The van der Waals surface area contributed by atoms with Gasteiger partial charge in [0.25, 0.3) is 0 Å². The number of esters is 1. The molecule has 0 unspecified atom stereocenters. The van der Waals surface area contributed by atoms with E-state index in [4.69, 9.17) is 9.47 Å². The Hall–Kier alpha value is -1.72. The van der Waals surface area contributed by atoms with Crippen molar-refractivity contribution in [2.45, 2.75) is 44.1 Å². The largest absolute Gasteiger partial charge is 0.496 e. The third kappa shape index (κ3) is 3.68. The lowest BCUT2D eigenvalue weighted by molar-refractivity contribution is -0.149. The second kappa shape index (κ2) is 6.83. The molecule has 0 spiro atoms. The van der Waals surface area contributed by atoms with E-state index in [0.717, 1.165) is 31.4 Å². The Morgan fingerprint density at radius 2 is 2.10 bits per heavy atom. The van der Waals surface area contributed by atoms with Crippen molar-refractivity contribution in [3.8, 4) is 0 Å². The number of hydrogen-bond donors (Lipinski definition) is 1. The lowest BCUT2D eigenvalue weighted by Crippen LogP contribution is -2.58. The molecule has 6 nitrogen and oxygen atoms in total. The van der Waals surface area contributed by atoms with E-state index in [1.165, 1.54) is 12.0 Å². The highest BCUT2D eigenvalue weighted by atomic mass is 16.5. The molecule has 6 heteroatoms. The number of likely N-dealkylation sites (N-methyl/N-ethyl adjacent to an activating group) is 1. The van der Waals surface area contributed by atoms with Crippen LogP contribution in [0.1, 0.15) is 38.5 Å². The highest BCUT2D eigenvalue weighted by Gasteiger charge is 2.42. The number of methoxy groups -OCH3 is 1. The van der Waals surface area contributed by atoms with Gasteiger partial charge in [-0.25, -0.2) is 9.59 Å². The summed E-state index contributed by atoms with van der Waals surface area (Å²) in [7, 11) is 3.07. The first-order valence-electron chi connectivity index (χ1n) is 7.51. The van der Waals surface area contributed by atoms with E-state index < -0.39 is 5.54 Å². The third-order valence-corrected chi connectivity index (χ3v) is 4.15. The summed E-state index contributed by atoms with van der Waals surface area (Å²) in [6.45, 7) is 1.10. The van der Waals surface area contributed by atoms with E-state index in [1.54, 1.807) is 7.05 Å². The van der Waals surface area contributed by atoms with Crippen LogP contribution in [0.5, 0.6) is 0 Å². The normalized spacial score (nSPS) is 20.2. The van der Waals surface area contributed by atoms with Crippen molar-refractivity contribution in [3.63, 3.8) is 0 Å². The zero-order chi connectivity index (χ0) is 15.3. The molecule has 2 amide bonds. The van der Waals surface area contributed by atoms with E-state index in [9.17, 15) is 9.59 Å². The molecule has 0 radical (unpaired) electrons. The van der Waals surface area contributed by atoms with Gasteiger partial charge in [0.2, 0.25) is 0 Å². The van der Waals surface area contributed by atoms with Crippen LogP contribution in [0.25, 0.3) is 0 Å². The molecule has 1 saturated carbocycles. The maximum Gasteiger partial charge on any atom is 0.331 e. The average molecular weight is 296 g/mol. The number of nitrogens with zero attached hydrogens (tertiary/aromatic N) is 1. The Bertz CT molecular complexity index is 427. The fourth-order valence-electron chi connectivity index (χ4n) is 2.92. The van der Waals surface area contributed by atoms with Crippen molar-refractivity contribution < 1.29 is 19.1 Å². The summed E-state index contributed by atoms with van der Waals surface area (Å²) in [6.07, 6.45) is 7.08. The summed E-state index contributed by atoms with van der Waals surface area (Å²) in [5, 5.41) is 2.89. The lowest BCUT2D eigenvalue weighted by Gasteiger charge is -2.36. The number of amides is 2. The minimum atomic E-state index is -0.872. The SMILES string of the molecule is COC(=O)C1(NC(=O)N(C)CC2=CCCO2)CCCCC1. The molecule has 1 N–H and O–H groups in total. The standard InChI is InChI=1S/C15H24N2O4/c1-17(11-12-7-6-10-21-12)14(19)16-15(13(18)20-2)8-4-3-5-9-15/h7H,3-6,8-11H2,1-2H3,(H,16,19). The van der Waals surface area contributed by atoms with Crippen LogP contribution < -0.4 is 5.32 Å². The Kier molecular flexibility index (Phi) is 5.09. The quantitative estimate of drug-likeness (QED) is 0.803. The number of carbonyl (C=O) groups is 2. The maximum atomic E-state index is 12.3. The molecule has 2 rings (SSSR count). The van der Waals surface area contributed by atoms with E-state index >= 15 is 0 Å². The molecule has 2 aliphatic rings. The molecule has 0 aromatic carbocycles. The van der Waals surface area contributed by atoms with Gasteiger partial charge in [0.15, 0.2) is 0 Å². The molecule has 0 aromatic rings.